The van der Waals surface area contributed by atoms with Crippen molar-refractivity contribution in [3.8, 4) is 11.8 Å². The lowest BCUT2D eigenvalue weighted by atomic mass is 10.1. The van der Waals surface area contributed by atoms with E-state index in [1.165, 1.54) is 4.90 Å². The molecule has 0 saturated carbocycles. The van der Waals surface area contributed by atoms with E-state index in [-0.39, 0.29) is 6.73 Å². The molecule has 13 heteroatoms. The van der Waals surface area contributed by atoms with Gasteiger partial charge in [-0.15, -0.1) is 0 Å². The van der Waals surface area contributed by atoms with Crippen molar-refractivity contribution in [2.24, 2.45) is 5.73 Å². The van der Waals surface area contributed by atoms with E-state index >= 15 is 0 Å². The van der Waals surface area contributed by atoms with E-state index in [4.69, 9.17) is 29.5 Å². The van der Waals surface area contributed by atoms with Crippen LogP contribution < -0.4 is 15.2 Å². The van der Waals surface area contributed by atoms with Gasteiger partial charge in [0.2, 0.25) is 11.8 Å². The molecule has 1 aliphatic rings. The van der Waals surface area contributed by atoms with Gasteiger partial charge in [0.1, 0.15) is 19.5 Å². The third-order valence-electron chi connectivity index (χ3n) is 5.03. The van der Waals surface area contributed by atoms with Gasteiger partial charge in [-0.2, -0.15) is 0 Å². The van der Waals surface area contributed by atoms with Crippen molar-refractivity contribution in [2.45, 2.75) is 19.2 Å². The molecule has 12 nitrogen and oxygen atoms in total. The van der Waals surface area contributed by atoms with Gasteiger partial charge in [0.05, 0.1) is 12.8 Å². The van der Waals surface area contributed by atoms with E-state index < -0.39 is 14.0 Å². The average molecular weight is 501 g/mol. The molecule has 4 heterocycles. The Labute approximate surface area is 200 Å². The van der Waals surface area contributed by atoms with E-state index in [1.807, 2.05) is 12.1 Å². The van der Waals surface area contributed by atoms with Crippen molar-refractivity contribution < 1.29 is 32.9 Å². The highest BCUT2D eigenvalue weighted by molar-refractivity contribution is 7.46. The van der Waals surface area contributed by atoms with Gasteiger partial charge in [0.25, 0.3) is 0 Å². The average Bonchev–Trinajstić information content (AvgIpc) is 3.30. The Balaban J connectivity index is 1.34. The minimum absolute atomic E-state index is 0.331. The Kier molecular flexibility index (Phi) is 7.59. The SMILES string of the molecule is COc1cc(COc2ccc(Cc3cc(C4=CC=CN(COP(=O)(O)O)C4N)on3)cn2)ccn1. The second-order valence-corrected chi connectivity index (χ2v) is 8.77. The first-order valence-corrected chi connectivity index (χ1v) is 12.0. The maximum atomic E-state index is 11.0. The molecule has 1 unspecified atom stereocenters. The number of nitrogens with zero attached hydrogens (tertiary/aromatic N) is 4. The number of phosphoric ester groups is 1. The summed E-state index contributed by atoms with van der Waals surface area (Å²) in [7, 11) is -3.06. The van der Waals surface area contributed by atoms with Crippen LogP contribution in [-0.2, 0) is 22.1 Å². The van der Waals surface area contributed by atoms with Gasteiger partial charge in [-0.05, 0) is 23.3 Å². The molecule has 1 aliphatic heterocycles. The van der Waals surface area contributed by atoms with Crippen LogP contribution in [0.5, 0.6) is 11.8 Å². The number of hydrogen-bond donors (Lipinski definition) is 3. The Bertz CT molecular complexity index is 1260. The van der Waals surface area contributed by atoms with Crippen LogP contribution in [0.2, 0.25) is 0 Å². The largest absolute Gasteiger partial charge is 0.481 e. The fourth-order valence-electron chi connectivity index (χ4n) is 3.27. The molecule has 0 aliphatic carbocycles. The Hall–Kier alpha value is -3.54. The summed E-state index contributed by atoms with van der Waals surface area (Å²) >= 11 is 0. The molecule has 0 spiro atoms. The zero-order valence-electron chi connectivity index (χ0n) is 18.7. The van der Waals surface area contributed by atoms with E-state index in [1.54, 1.807) is 56.1 Å². The fourth-order valence-corrected chi connectivity index (χ4v) is 3.55. The number of nitrogens with two attached hydrogens (primary N) is 1. The van der Waals surface area contributed by atoms with Crippen LogP contribution in [0, 0.1) is 0 Å². The van der Waals surface area contributed by atoms with Gasteiger partial charge in [0.15, 0.2) is 5.76 Å². The lowest BCUT2D eigenvalue weighted by molar-refractivity contribution is 0.110. The monoisotopic (exact) mass is 501 g/mol. The van der Waals surface area contributed by atoms with Crippen LogP contribution in [0.4, 0.5) is 0 Å². The maximum absolute atomic E-state index is 11.0. The molecule has 184 valence electrons. The van der Waals surface area contributed by atoms with Gasteiger partial charge in [-0.3, -0.25) is 4.52 Å². The number of hydrogen-bond acceptors (Lipinski definition) is 10. The first kappa shape index (κ1) is 24.6. The normalized spacial score (nSPS) is 15.7. The highest BCUT2D eigenvalue weighted by Crippen LogP contribution is 2.36. The minimum atomic E-state index is -4.62. The first-order chi connectivity index (χ1) is 16.8. The number of phosphoric acid groups is 1. The molecule has 0 aromatic carbocycles. The van der Waals surface area contributed by atoms with Crippen LogP contribution in [0.3, 0.4) is 0 Å². The molecule has 1 atom stereocenters. The quantitative estimate of drug-likeness (QED) is 0.347. The molecular formula is C22H24N5O7P. The van der Waals surface area contributed by atoms with Gasteiger partial charge >= 0.3 is 7.82 Å². The Morgan fingerprint density at radius 3 is 2.77 bits per heavy atom. The van der Waals surface area contributed by atoms with Gasteiger partial charge in [0, 0.05) is 48.8 Å². The van der Waals surface area contributed by atoms with E-state index in [0.717, 1.165) is 11.1 Å². The molecule has 4 N–H and O–H groups in total. The number of allylic oxidation sites excluding steroid dienone is 2. The molecule has 35 heavy (non-hydrogen) atoms. The van der Waals surface area contributed by atoms with Crippen molar-refractivity contribution in [2.75, 3.05) is 13.8 Å². The number of ether oxygens (including phenoxy) is 2. The lowest BCUT2D eigenvalue weighted by Crippen LogP contribution is -2.41. The van der Waals surface area contributed by atoms with E-state index in [2.05, 4.69) is 19.6 Å². The van der Waals surface area contributed by atoms with Crippen molar-refractivity contribution >= 4 is 13.4 Å². The summed E-state index contributed by atoms with van der Waals surface area (Å²) < 4.78 is 31.8. The van der Waals surface area contributed by atoms with Crippen LogP contribution in [0.25, 0.3) is 5.57 Å². The predicted molar refractivity (Wildman–Crippen MR) is 124 cm³/mol. The topological polar surface area (TPSA) is 166 Å². The highest BCUT2D eigenvalue weighted by atomic mass is 31.2. The summed E-state index contributed by atoms with van der Waals surface area (Å²) in [6.45, 7) is -0.0486. The zero-order chi connectivity index (χ0) is 24.8. The molecule has 3 aromatic heterocycles. The first-order valence-electron chi connectivity index (χ1n) is 10.4. The second-order valence-electron chi connectivity index (χ2n) is 7.53. The molecule has 3 aromatic rings. The Morgan fingerprint density at radius 1 is 1.17 bits per heavy atom. The van der Waals surface area contributed by atoms with Gasteiger partial charge in [-0.25, -0.2) is 14.5 Å². The Morgan fingerprint density at radius 2 is 2.03 bits per heavy atom. The molecule has 0 saturated heterocycles. The maximum Gasteiger partial charge on any atom is 0.471 e. The third kappa shape index (κ3) is 6.75. The third-order valence-corrected chi connectivity index (χ3v) is 5.48. The van der Waals surface area contributed by atoms with Crippen molar-refractivity contribution in [3.63, 3.8) is 0 Å². The summed E-state index contributed by atoms with van der Waals surface area (Å²) in [6.07, 6.45) is 8.09. The van der Waals surface area contributed by atoms with E-state index in [9.17, 15) is 4.57 Å². The van der Waals surface area contributed by atoms with Crippen LogP contribution in [0.15, 0.2) is 65.6 Å². The number of aromatic nitrogens is 3. The molecule has 4 rings (SSSR count). The summed E-state index contributed by atoms with van der Waals surface area (Å²) in [6, 6.07) is 9.06. The summed E-state index contributed by atoms with van der Waals surface area (Å²) in [4.78, 5) is 27.7. The van der Waals surface area contributed by atoms with Gasteiger partial charge in [-0.1, -0.05) is 17.3 Å². The predicted octanol–water partition coefficient (Wildman–Crippen LogP) is 2.21. The molecule has 0 bridgehead atoms. The van der Waals surface area contributed by atoms with Crippen molar-refractivity contribution in [1.29, 1.82) is 0 Å². The number of pyridine rings is 2. The lowest BCUT2D eigenvalue weighted by Gasteiger charge is -2.30. The molecular weight excluding hydrogens is 477 g/mol. The van der Waals surface area contributed by atoms with E-state index in [0.29, 0.717) is 41.8 Å². The van der Waals surface area contributed by atoms with Crippen LogP contribution in [0.1, 0.15) is 22.6 Å². The summed E-state index contributed by atoms with van der Waals surface area (Å²) in [5.41, 5.74) is 9.28. The molecule has 0 amide bonds. The van der Waals surface area contributed by atoms with Crippen molar-refractivity contribution in [3.05, 3.63) is 83.7 Å². The van der Waals surface area contributed by atoms with Crippen LogP contribution in [-0.4, -0.2) is 49.8 Å². The number of methoxy groups -OCH3 is 1. The molecule has 0 radical (unpaired) electrons. The fraction of sp³-hybridized carbons (Fsp3) is 0.227. The summed E-state index contributed by atoms with van der Waals surface area (Å²) in [5.74, 6) is 1.44. The van der Waals surface area contributed by atoms with Crippen LogP contribution >= 0.6 is 7.82 Å². The minimum Gasteiger partial charge on any atom is -0.481 e. The van der Waals surface area contributed by atoms with Gasteiger partial charge < -0.3 is 34.4 Å². The standard InChI is InChI=1S/C22H24N5O7P/c1-31-21-10-16(6-7-24-21)13-32-20-5-4-15(12-25-20)9-17-11-19(34-26-17)18-3-2-8-27(22(18)23)14-33-35(28,29)30/h2-8,10-12,22H,9,13-14,23H2,1H3,(H2,28,29,30). The smallest absolute Gasteiger partial charge is 0.471 e. The second kappa shape index (κ2) is 10.8. The summed E-state index contributed by atoms with van der Waals surface area (Å²) in [5, 5.41) is 4.10. The zero-order valence-corrected chi connectivity index (χ0v) is 19.6. The number of rotatable bonds is 10. The molecule has 0 fully saturated rings. The highest BCUT2D eigenvalue weighted by Gasteiger charge is 2.25. The van der Waals surface area contributed by atoms with Crippen molar-refractivity contribution in [1.82, 2.24) is 20.0 Å².